The molecule has 4 nitrogen and oxygen atoms in total. The first-order valence-corrected chi connectivity index (χ1v) is 21.4. The van der Waals surface area contributed by atoms with Crippen molar-refractivity contribution in [3.63, 3.8) is 0 Å². The predicted molar refractivity (Wildman–Crippen MR) is 208 cm³/mol. The Morgan fingerprint density at radius 3 is 1.15 bits per heavy atom. The van der Waals surface area contributed by atoms with Crippen LogP contribution in [0.4, 0.5) is 0 Å². The van der Waals surface area contributed by atoms with Crippen LogP contribution in [0.3, 0.4) is 0 Å². The third-order valence-electron chi connectivity index (χ3n) is 9.56. The van der Waals surface area contributed by atoms with E-state index in [0.717, 1.165) is 46.0 Å². The summed E-state index contributed by atoms with van der Waals surface area (Å²) >= 11 is 4.82. The molecule has 0 fully saturated rings. The van der Waals surface area contributed by atoms with E-state index < -0.39 is 0 Å². The van der Waals surface area contributed by atoms with Crippen molar-refractivity contribution in [2.24, 2.45) is 0 Å². The minimum absolute atomic E-state index is 0.968. The van der Waals surface area contributed by atoms with Crippen LogP contribution in [-0.4, -0.2) is 18.7 Å². The van der Waals surface area contributed by atoms with E-state index in [9.17, 15) is 0 Å². The SMILES string of the molecule is CCCCCCCCCCCCc1nc2c(-c3cccs3)c3nsnc3c(-c3cccs3)c2nc1CCCCCCCCCCCC. The van der Waals surface area contributed by atoms with Crippen LogP contribution in [0.15, 0.2) is 35.0 Å². The smallest absolute Gasteiger partial charge is 0.116 e. The Morgan fingerprint density at radius 1 is 0.447 bits per heavy atom. The van der Waals surface area contributed by atoms with E-state index in [1.165, 1.54) is 161 Å². The number of thiophene rings is 2. The first-order valence-electron chi connectivity index (χ1n) is 18.9. The second-order valence-electron chi connectivity index (χ2n) is 13.3. The summed E-state index contributed by atoms with van der Waals surface area (Å²) < 4.78 is 9.71. The number of aryl methyl sites for hydroxylation is 2. The van der Waals surface area contributed by atoms with E-state index in [0.29, 0.717) is 0 Å². The van der Waals surface area contributed by atoms with Crippen LogP contribution in [0.25, 0.3) is 42.9 Å². The number of hydrogen-bond donors (Lipinski definition) is 0. The van der Waals surface area contributed by atoms with Crippen LogP contribution in [-0.2, 0) is 12.8 Å². The van der Waals surface area contributed by atoms with Gasteiger partial charge in [0.25, 0.3) is 0 Å². The molecule has 7 heteroatoms. The van der Waals surface area contributed by atoms with Gasteiger partial charge in [-0.1, -0.05) is 142 Å². The second kappa shape index (κ2) is 20.3. The maximum Gasteiger partial charge on any atom is 0.116 e. The fraction of sp³-hybridized carbons (Fsp3) is 0.600. The fourth-order valence-electron chi connectivity index (χ4n) is 6.86. The molecule has 0 saturated heterocycles. The van der Waals surface area contributed by atoms with E-state index in [1.807, 2.05) is 0 Å². The Labute approximate surface area is 296 Å². The average molecular weight is 689 g/mol. The van der Waals surface area contributed by atoms with Crippen LogP contribution in [0.2, 0.25) is 0 Å². The predicted octanol–water partition coefficient (Wildman–Crippen LogP) is 14.0. The van der Waals surface area contributed by atoms with Gasteiger partial charge < -0.3 is 0 Å². The molecular formula is C40H56N4S3. The molecule has 0 atom stereocenters. The van der Waals surface area contributed by atoms with Gasteiger partial charge in [-0.25, -0.2) is 9.97 Å². The lowest BCUT2D eigenvalue weighted by molar-refractivity contribution is 0.551. The van der Waals surface area contributed by atoms with Gasteiger partial charge in [0.15, 0.2) is 0 Å². The molecule has 0 bridgehead atoms. The largest absolute Gasteiger partial charge is 0.248 e. The van der Waals surface area contributed by atoms with Gasteiger partial charge in [0, 0.05) is 20.9 Å². The van der Waals surface area contributed by atoms with Gasteiger partial charge in [0.05, 0.1) is 23.1 Å². The molecule has 0 N–H and O–H groups in total. The summed E-state index contributed by atoms with van der Waals surface area (Å²) in [6, 6.07) is 8.65. The molecule has 0 spiro atoms. The van der Waals surface area contributed by atoms with Crippen molar-refractivity contribution in [2.75, 3.05) is 0 Å². The average Bonchev–Trinajstić information content (AvgIpc) is 3.90. The van der Waals surface area contributed by atoms with Gasteiger partial charge in [-0.3, -0.25) is 0 Å². The van der Waals surface area contributed by atoms with E-state index in [2.05, 4.69) is 48.9 Å². The first-order chi connectivity index (χ1) is 23.3. The minimum Gasteiger partial charge on any atom is -0.248 e. The topological polar surface area (TPSA) is 51.6 Å². The highest BCUT2D eigenvalue weighted by molar-refractivity contribution is 7.14. The minimum atomic E-state index is 0.968. The molecule has 254 valence electrons. The van der Waals surface area contributed by atoms with Crippen molar-refractivity contribution in [2.45, 2.75) is 155 Å². The number of nitrogens with zero attached hydrogens (tertiary/aromatic N) is 4. The quantitative estimate of drug-likeness (QED) is 0.0606. The third-order valence-corrected chi connectivity index (χ3v) is 11.9. The van der Waals surface area contributed by atoms with E-state index in [-0.39, 0.29) is 0 Å². The van der Waals surface area contributed by atoms with Crippen molar-refractivity contribution < 1.29 is 0 Å². The van der Waals surface area contributed by atoms with E-state index in [1.54, 1.807) is 22.7 Å². The number of benzene rings is 1. The lowest BCUT2D eigenvalue weighted by Gasteiger charge is -2.15. The maximum atomic E-state index is 5.56. The number of aromatic nitrogens is 4. The molecule has 1 aromatic carbocycles. The van der Waals surface area contributed by atoms with Crippen LogP contribution in [0, 0.1) is 0 Å². The summed E-state index contributed by atoms with van der Waals surface area (Å²) in [6.45, 7) is 4.59. The number of unbranched alkanes of at least 4 members (excludes halogenated alkanes) is 18. The van der Waals surface area contributed by atoms with Gasteiger partial charge >= 0.3 is 0 Å². The Bertz CT molecular complexity index is 1460. The molecule has 5 aromatic rings. The molecule has 4 aromatic heterocycles. The number of fused-ring (bicyclic) bond motifs is 2. The van der Waals surface area contributed by atoms with Crippen molar-refractivity contribution >= 4 is 56.5 Å². The molecule has 0 unspecified atom stereocenters. The highest BCUT2D eigenvalue weighted by Gasteiger charge is 2.24. The van der Waals surface area contributed by atoms with Gasteiger partial charge in [0.2, 0.25) is 0 Å². The van der Waals surface area contributed by atoms with E-state index >= 15 is 0 Å². The zero-order valence-electron chi connectivity index (χ0n) is 29.0. The molecule has 0 aliphatic rings. The van der Waals surface area contributed by atoms with Crippen molar-refractivity contribution in [3.05, 3.63) is 46.4 Å². The monoisotopic (exact) mass is 688 g/mol. The van der Waals surface area contributed by atoms with Gasteiger partial charge in [-0.15, -0.1) is 22.7 Å². The Balaban J connectivity index is 1.35. The molecule has 0 radical (unpaired) electrons. The summed E-state index contributed by atoms with van der Waals surface area (Å²) in [5, 5.41) is 4.30. The lowest BCUT2D eigenvalue weighted by Crippen LogP contribution is -2.05. The Hall–Kier alpha value is -2.22. The molecule has 0 saturated carbocycles. The van der Waals surface area contributed by atoms with Crippen molar-refractivity contribution in [3.8, 4) is 20.9 Å². The zero-order valence-corrected chi connectivity index (χ0v) is 31.5. The third kappa shape index (κ3) is 10.4. The summed E-state index contributed by atoms with van der Waals surface area (Å²) in [7, 11) is 0. The Morgan fingerprint density at radius 2 is 0.809 bits per heavy atom. The molecule has 0 amide bonds. The normalized spacial score (nSPS) is 11.8. The second-order valence-corrected chi connectivity index (χ2v) is 15.8. The summed E-state index contributed by atoms with van der Waals surface area (Å²) in [5.41, 5.74) is 8.60. The molecule has 4 heterocycles. The summed E-state index contributed by atoms with van der Waals surface area (Å²) in [6.07, 6.45) is 29.0. The van der Waals surface area contributed by atoms with Crippen LogP contribution < -0.4 is 0 Å². The number of rotatable bonds is 24. The number of hydrogen-bond acceptors (Lipinski definition) is 7. The highest BCUT2D eigenvalue weighted by atomic mass is 32.1. The zero-order chi connectivity index (χ0) is 32.5. The molecular weight excluding hydrogens is 633 g/mol. The first kappa shape index (κ1) is 36.1. The molecule has 0 aliphatic heterocycles. The van der Waals surface area contributed by atoms with Gasteiger partial charge in [-0.05, 0) is 48.6 Å². The standard InChI is InChI=1S/C40H56N4S3/c1-3-5-7-9-11-13-15-17-19-21-25-31-32(26-22-20-18-16-14-12-10-8-6-4-2)42-38-36(34-28-24-30-46-34)40-39(43-47-44-40)35(37(38)41-31)33-27-23-29-45-33/h23-24,27-30H,3-22,25-26H2,1-2H3. The maximum absolute atomic E-state index is 5.56. The summed E-state index contributed by atoms with van der Waals surface area (Å²) in [5.74, 6) is 0. The van der Waals surface area contributed by atoms with Crippen molar-refractivity contribution in [1.82, 2.24) is 18.7 Å². The van der Waals surface area contributed by atoms with E-state index in [4.69, 9.17) is 18.7 Å². The molecule has 5 rings (SSSR count). The van der Waals surface area contributed by atoms with Crippen LogP contribution >= 0.6 is 34.4 Å². The lowest BCUT2D eigenvalue weighted by atomic mass is 9.99. The highest BCUT2D eigenvalue weighted by Crippen LogP contribution is 2.44. The Kier molecular flexibility index (Phi) is 15.6. The van der Waals surface area contributed by atoms with Crippen molar-refractivity contribution in [1.29, 1.82) is 0 Å². The van der Waals surface area contributed by atoms with Gasteiger partial charge in [-0.2, -0.15) is 8.75 Å². The van der Waals surface area contributed by atoms with Crippen LogP contribution in [0.5, 0.6) is 0 Å². The van der Waals surface area contributed by atoms with Crippen LogP contribution in [0.1, 0.15) is 154 Å². The summed E-state index contributed by atoms with van der Waals surface area (Å²) in [4.78, 5) is 13.5. The molecule has 47 heavy (non-hydrogen) atoms. The molecule has 0 aliphatic carbocycles. The fourth-order valence-corrected chi connectivity index (χ4v) is 8.97. The van der Waals surface area contributed by atoms with Gasteiger partial charge in [0.1, 0.15) is 22.1 Å².